The lowest BCUT2D eigenvalue weighted by molar-refractivity contribution is -0.137. The zero-order valence-corrected chi connectivity index (χ0v) is 11.4. The van der Waals surface area contributed by atoms with Crippen molar-refractivity contribution < 1.29 is 26.7 Å². The van der Waals surface area contributed by atoms with Gasteiger partial charge in [0.25, 0.3) is 0 Å². The first-order valence-electron chi connectivity index (χ1n) is 6.29. The van der Waals surface area contributed by atoms with Gasteiger partial charge in [-0.15, -0.1) is 0 Å². The van der Waals surface area contributed by atoms with Gasteiger partial charge in [-0.05, 0) is 19.1 Å². The molecule has 0 fully saturated rings. The van der Waals surface area contributed by atoms with Gasteiger partial charge in [0.15, 0.2) is 0 Å². The highest BCUT2D eigenvalue weighted by Gasteiger charge is 2.42. The quantitative estimate of drug-likeness (QED) is 0.576. The molecule has 0 saturated carbocycles. The van der Waals surface area contributed by atoms with Gasteiger partial charge in [-0.1, -0.05) is 42.0 Å². The summed E-state index contributed by atoms with van der Waals surface area (Å²) in [5, 5.41) is 0. The number of carbonyl (C=O) groups excluding carboxylic acids is 1. The van der Waals surface area contributed by atoms with Crippen LogP contribution >= 0.6 is 0 Å². The monoisotopic (exact) mass is 314 g/mol. The maximum atomic E-state index is 14.1. The van der Waals surface area contributed by atoms with Crippen LogP contribution in [0.25, 0.3) is 0 Å². The molecule has 22 heavy (non-hydrogen) atoms. The highest BCUT2D eigenvalue weighted by Crippen LogP contribution is 2.35. The van der Waals surface area contributed by atoms with Gasteiger partial charge < -0.3 is 0 Å². The largest absolute Gasteiger partial charge is 0.416 e. The minimum absolute atomic E-state index is 0.199. The highest BCUT2D eigenvalue weighted by atomic mass is 19.4. The zero-order chi connectivity index (χ0) is 16.5. The Labute approximate surface area is 123 Å². The fourth-order valence-electron chi connectivity index (χ4n) is 1.89. The van der Waals surface area contributed by atoms with Crippen LogP contribution in [-0.4, -0.2) is 5.78 Å². The van der Waals surface area contributed by atoms with Gasteiger partial charge in [-0.25, -0.2) is 0 Å². The van der Waals surface area contributed by atoms with E-state index in [2.05, 4.69) is 0 Å². The number of halogens is 5. The van der Waals surface area contributed by atoms with E-state index in [9.17, 15) is 26.7 Å². The molecule has 0 aliphatic carbocycles. The molecule has 0 bridgehead atoms. The third-order valence-corrected chi connectivity index (χ3v) is 3.17. The summed E-state index contributed by atoms with van der Waals surface area (Å²) in [7, 11) is 0. The van der Waals surface area contributed by atoms with E-state index in [1.165, 1.54) is 24.3 Å². The molecule has 0 N–H and O–H groups in total. The smallest absolute Gasteiger partial charge is 0.287 e. The predicted octanol–water partition coefficient (Wildman–Crippen LogP) is 4.99. The molecule has 2 aromatic carbocycles. The van der Waals surface area contributed by atoms with Gasteiger partial charge in [-0.3, -0.25) is 4.79 Å². The Balaban J connectivity index is 2.33. The van der Waals surface area contributed by atoms with Crippen molar-refractivity contribution in [3.63, 3.8) is 0 Å². The molecule has 0 aromatic heterocycles. The molecule has 0 spiro atoms. The summed E-state index contributed by atoms with van der Waals surface area (Å²) < 4.78 is 65.5. The second kappa shape index (κ2) is 5.51. The van der Waals surface area contributed by atoms with Crippen molar-refractivity contribution in [1.29, 1.82) is 0 Å². The van der Waals surface area contributed by atoms with Crippen molar-refractivity contribution in [3.8, 4) is 0 Å². The van der Waals surface area contributed by atoms with E-state index in [4.69, 9.17) is 0 Å². The van der Waals surface area contributed by atoms with Gasteiger partial charge in [-0.2, -0.15) is 22.0 Å². The maximum Gasteiger partial charge on any atom is 0.416 e. The number of carbonyl (C=O) groups is 1. The van der Waals surface area contributed by atoms with Gasteiger partial charge in [0.2, 0.25) is 5.78 Å². The Morgan fingerprint density at radius 3 is 1.68 bits per heavy atom. The normalized spacial score (nSPS) is 12.3. The molecular weight excluding hydrogens is 303 g/mol. The second-order valence-electron chi connectivity index (χ2n) is 4.84. The Morgan fingerprint density at radius 1 is 0.773 bits per heavy atom. The highest BCUT2D eigenvalue weighted by molar-refractivity contribution is 6.01. The van der Waals surface area contributed by atoms with E-state index in [-0.39, 0.29) is 5.56 Å². The lowest BCUT2D eigenvalue weighted by Crippen LogP contribution is -2.26. The predicted molar refractivity (Wildman–Crippen MR) is 70.8 cm³/mol. The first-order chi connectivity index (χ1) is 10.1. The Morgan fingerprint density at radius 2 is 1.23 bits per heavy atom. The molecule has 6 heteroatoms. The van der Waals surface area contributed by atoms with Gasteiger partial charge in [0.1, 0.15) is 0 Å². The van der Waals surface area contributed by atoms with Crippen molar-refractivity contribution in [1.82, 2.24) is 0 Å². The third-order valence-electron chi connectivity index (χ3n) is 3.17. The van der Waals surface area contributed by atoms with Gasteiger partial charge in [0, 0.05) is 11.1 Å². The average molecular weight is 314 g/mol. The summed E-state index contributed by atoms with van der Waals surface area (Å²) >= 11 is 0. The van der Waals surface area contributed by atoms with E-state index in [0.29, 0.717) is 24.3 Å². The summed E-state index contributed by atoms with van der Waals surface area (Å²) in [6.45, 7) is 1.74. The summed E-state index contributed by atoms with van der Waals surface area (Å²) in [6, 6.07) is 7.85. The zero-order valence-electron chi connectivity index (χ0n) is 11.4. The van der Waals surface area contributed by atoms with Crippen LogP contribution < -0.4 is 0 Å². The fourth-order valence-corrected chi connectivity index (χ4v) is 1.89. The van der Waals surface area contributed by atoms with Crippen LogP contribution in [0.15, 0.2) is 48.5 Å². The minimum Gasteiger partial charge on any atom is -0.287 e. The Hall–Kier alpha value is -2.24. The van der Waals surface area contributed by atoms with Crippen LogP contribution in [0.4, 0.5) is 22.0 Å². The van der Waals surface area contributed by atoms with Gasteiger partial charge >= 0.3 is 12.1 Å². The summed E-state index contributed by atoms with van der Waals surface area (Å²) in [5.41, 5.74) is -1.22. The minimum atomic E-state index is -4.62. The molecule has 0 aliphatic rings. The molecule has 1 nitrogen and oxygen atoms in total. The van der Waals surface area contributed by atoms with E-state index in [0.717, 1.165) is 5.56 Å². The summed E-state index contributed by atoms with van der Waals surface area (Å²) in [4.78, 5) is 11.9. The van der Waals surface area contributed by atoms with Crippen molar-refractivity contribution in [2.24, 2.45) is 0 Å². The molecule has 0 heterocycles. The Kier molecular flexibility index (Phi) is 4.04. The number of aryl methyl sites for hydroxylation is 1. The molecule has 0 aliphatic heterocycles. The van der Waals surface area contributed by atoms with Crippen LogP contribution in [-0.2, 0) is 12.1 Å². The van der Waals surface area contributed by atoms with Crippen LogP contribution in [0.3, 0.4) is 0 Å². The number of benzene rings is 2. The molecule has 0 unspecified atom stereocenters. The van der Waals surface area contributed by atoms with Crippen LogP contribution in [0.5, 0.6) is 0 Å². The molecule has 116 valence electrons. The van der Waals surface area contributed by atoms with Crippen LogP contribution in [0, 0.1) is 6.92 Å². The van der Waals surface area contributed by atoms with Gasteiger partial charge in [0.05, 0.1) is 5.56 Å². The molecule has 2 rings (SSSR count). The lowest BCUT2D eigenvalue weighted by atomic mass is 9.97. The second-order valence-corrected chi connectivity index (χ2v) is 4.84. The average Bonchev–Trinajstić information content (AvgIpc) is 2.46. The van der Waals surface area contributed by atoms with Crippen molar-refractivity contribution >= 4 is 5.78 Å². The number of alkyl halides is 5. The van der Waals surface area contributed by atoms with Crippen molar-refractivity contribution in [2.45, 2.75) is 19.0 Å². The molecule has 2 aromatic rings. The number of rotatable bonds is 3. The van der Waals surface area contributed by atoms with E-state index >= 15 is 0 Å². The first kappa shape index (κ1) is 16.1. The topological polar surface area (TPSA) is 17.1 Å². The molecule has 0 atom stereocenters. The SMILES string of the molecule is Cc1ccc(C(=O)C(F)(F)c2ccc(C(F)(F)F)cc2)cc1. The standard InChI is InChI=1S/C16H11F5O/c1-10-2-4-11(5-3-10)14(22)15(17,18)12-6-8-13(9-7-12)16(19,20)21/h2-9H,1H3. The third kappa shape index (κ3) is 3.16. The Bertz CT molecular complexity index is 669. The number of ketones is 1. The van der Waals surface area contributed by atoms with Crippen LogP contribution in [0.1, 0.15) is 27.0 Å². The van der Waals surface area contributed by atoms with E-state index in [1.54, 1.807) is 6.92 Å². The molecule has 0 radical (unpaired) electrons. The van der Waals surface area contributed by atoms with Crippen LogP contribution in [0.2, 0.25) is 0 Å². The first-order valence-corrected chi connectivity index (χ1v) is 6.29. The summed E-state index contributed by atoms with van der Waals surface area (Å²) in [6.07, 6.45) is -4.62. The number of Topliss-reactive ketones (excluding diaryl/α,β-unsaturated/α-hetero) is 1. The number of hydrogen-bond donors (Lipinski definition) is 0. The van der Waals surface area contributed by atoms with Crippen molar-refractivity contribution in [3.05, 3.63) is 70.8 Å². The summed E-state index contributed by atoms with van der Waals surface area (Å²) in [5.74, 6) is -5.34. The maximum absolute atomic E-state index is 14.1. The van der Waals surface area contributed by atoms with E-state index < -0.39 is 29.0 Å². The van der Waals surface area contributed by atoms with Crippen molar-refractivity contribution in [2.75, 3.05) is 0 Å². The molecule has 0 saturated heterocycles. The number of hydrogen-bond acceptors (Lipinski definition) is 1. The van der Waals surface area contributed by atoms with E-state index in [1.807, 2.05) is 0 Å². The molecular formula is C16H11F5O. The fraction of sp³-hybridized carbons (Fsp3) is 0.188. The molecule has 0 amide bonds. The lowest BCUT2D eigenvalue weighted by Gasteiger charge is -2.16.